The van der Waals surface area contributed by atoms with Crippen molar-refractivity contribution in [1.29, 1.82) is 0 Å². The van der Waals surface area contributed by atoms with Crippen molar-refractivity contribution in [2.24, 2.45) is 0 Å². The predicted octanol–water partition coefficient (Wildman–Crippen LogP) is 2.72. The maximum absolute atomic E-state index is 12.4. The van der Waals surface area contributed by atoms with Crippen LogP contribution in [-0.4, -0.2) is 48.7 Å². The van der Waals surface area contributed by atoms with Crippen molar-refractivity contribution in [2.75, 3.05) is 38.6 Å². The van der Waals surface area contributed by atoms with Gasteiger partial charge >= 0.3 is 0 Å². The first-order chi connectivity index (χ1) is 13.2. The van der Waals surface area contributed by atoms with Gasteiger partial charge in [-0.1, -0.05) is 24.3 Å². The van der Waals surface area contributed by atoms with E-state index in [1.54, 1.807) is 17.2 Å². The van der Waals surface area contributed by atoms with Crippen LogP contribution in [0.2, 0.25) is 0 Å². The van der Waals surface area contributed by atoms with Crippen molar-refractivity contribution in [1.82, 2.24) is 9.88 Å². The molecule has 6 heteroatoms. The summed E-state index contributed by atoms with van der Waals surface area (Å²) in [6.07, 6.45) is 1.76. The van der Waals surface area contributed by atoms with Crippen molar-refractivity contribution in [3.8, 4) is 16.9 Å². The van der Waals surface area contributed by atoms with Crippen LogP contribution in [0.1, 0.15) is 0 Å². The number of nitrogens with two attached hydrogens (primary N) is 1. The van der Waals surface area contributed by atoms with E-state index in [0.29, 0.717) is 37.9 Å². The van der Waals surface area contributed by atoms with Crippen LogP contribution in [0, 0.1) is 0 Å². The molecule has 0 unspecified atom stereocenters. The van der Waals surface area contributed by atoms with Gasteiger partial charge in [0.25, 0.3) is 5.91 Å². The second-order valence-corrected chi connectivity index (χ2v) is 6.41. The monoisotopic (exact) mass is 363 g/mol. The lowest BCUT2D eigenvalue weighted by molar-refractivity contribution is -0.137. The number of carbonyl (C=O) groups excluding carboxylic acids is 1. The van der Waals surface area contributed by atoms with Gasteiger partial charge in [-0.25, -0.2) is 4.98 Å². The second-order valence-electron chi connectivity index (χ2n) is 6.41. The minimum absolute atomic E-state index is 0.0193. The lowest BCUT2D eigenvalue weighted by atomic mass is 9.99. The van der Waals surface area contributed by atoms with Gasteiger partial charge in [-0.05, 0) is 35.2 Å². The van der Waals surface area contributed by atoms with E-state index < -0.39 is 0 Å². The Morgan fingerprint density at radius 1 is 1.07 bits per heavy atom. The molecule has 0 spiro atoms. The molecule has 27 heavy (non-hydrogen) atoms. The zero-order valence-electron chi connectivity index (χ0n) is 14.9. The maximum atomic E-state index is 12.4. The van der Waals surface area contributed by atoms with E-state index in [0.717, 1.165) is 21.9 Å². The Morgan fingerprint density at radius 2 is 1.85 bits per heavy atom. The van der Waals surface area contributed by atoms with Crippen LogP contribution in [0.4, 0.5) is 5.82 Å². The highest BCUT2D eigenvalue weighted by Crippen LogP contribution is 2.34. The quantitative estimate of drug-likeness (QED) is 0.771. The molecule has 138 valence electrons. The van der Waals surface area contributed by atoms with Crippen LogP contribution < -0.4 is 10.5 Å². The number of anilines is 1. The molecule has 1 aliphatic heterocycles. The van der Waals surface area contributed by atoms with E-state index in [4.69, 9.17) is 15.2 Å². The molecule has 1 fully saturated rings. The van der Waals surface area contributed by atoms with Crippen LogP contribution in [0.15, 0.2) is 54.7 Å². The van der Waals surface area contributed by atoms with Gasteiger partial charge in [0.1, 0.15) is 11.6 Å². The number of morpholine rings is 1. The molecule has 2 N–H and O–H groups in total. The highest BCUT2D eigenvalue weighted by molar-refractivity contribution is 6.00. The molecule has 2 heterocycles. The number of aromatic nitrogens is 1. The predicted molar refractivity (Wildman–Crippen MR) is 104 cm³/mol. The molecule has 1 amide bonds. The summed E-state index contributed by atoms with van der Waals surface area (Å²) < 4.78 is 11.2. The molecule has 0 saturated carbocycles. The van der Waals surface area contributed by atoms with Crippen LogP contribution in [0.3, 0.4) is 0 Å². The van der Waals surface area contributed by atoms with Crippen molar-refractivity contribution in [3.63, 3.8) is 0 Å². The summed E-state index contributed by atoms with van der Waals surface area (Å²) in [6.45, 7) is 2.42. The first-order valence-electron chi connectivity index (χ1n) is 8.94. The SMILES string of the molecule is Nc1ccc(-c2ccc(OCC(=O)N3CCOCC3)c3ccccc23)cn1. The average molecular weight is 363 g/mol. The molecule has 6 nitrogen and oxygen atoms in total. The van der Waals surface area contributed by atoms with Crippen molar-refractivity contribution >= 4 is 22.5 Å². The standard InChI is InChI=1S/C21H21N3O3/c22-20-8-5-15(13-23-20)16-6-7-19(18-4-2-1-3-17(16)18)27-14-21(25)24-9-11-26-12-10-24/h1-8,13H,9-12,14H2,(H2,22,23). The van der Waals surface area contributed by atoms with Gasteiger partial charge in [-0.3, -0.25) is 4.79 Å². The minimum atomic E-state index is -0.0193. The third-order valence-corrected chi connectivity index (χ3v) is 4.70. The van der Waals surface area contributed by atoms with E-state index >= 15 is 0 Å². The molecule has 4 rings (SSSR count). The van der Waals surface area contributed by atoms with Gasteiger partial charge in [-0.15, -0.1) is 0 Å². The third kappa shape index (κ3) is 3.71. The van der Waals surface area contributed by atoms with Crippen LogP contribution in [0.5, 0.6) is 5.75 Å². The number of hydrogen-bond donors (Lipinski definition) is 1. The summed E-state index contributed by atoms with van der Waals surface area (Å²) >= 11 is 0. The normalized spacial score (nSPS) is 14.3. The molecule has 1 aliphatic rings. The average Bonchev–Trinajstić information content (AvgIpc) is 2.73. The Hall–Kier alpha value is -3.12. The summed E-state index contributed by atoms with van der Waals surface area (Å²) in [5, 5.41) is 2.00. The smallest absolute Gasteiger partial charge is 0.260 e. The van der Waals surface area contributed by atoms with Crippen LogP contribution in [-0.2, 0) is 9.53 Å². The van der Waals surface area contributed by atoms with Crippen molar-refractivity contribution < 1.29 is 14.3 Å². The van der Waals surface area contributed by atoms with Crippen molar-refractivity contribution in [3.05, 3.63) is 54.7 Å². The summed E-state index contributed by atoms with van der Waals surface area (Å²) in [4.78, 5) is 18.3. The van der Waals surface area contributed by atoms with Gasteiger partial charge in [0, 0.05) is 30.2 Å². The summed E-state index contributed by atoms with van der Waals surface area (Å²) in [6, 6.07) is 15.6. The highest BCUT2D eigenvalue weighted by atomic mass is 16.5. The number of rotatable bonds is 4. The zero-order chi connectivity index (χ0) is 18.6. The molecule has 0 bridgehead atoms. The van der Waals surface area contributed by atoms with E-state index in [-0.39, 0.29) is 12.5 Å². The molecule has 1 saturated heterocycles. The molecule has 3 aromatic rings. The number of pyridine rings is 1. The Bertz CT molecular complexity index is 951. The van der Waals surface area contributed by atoms with Gasteiger partial charge in [0.2, 0.25) is 0 Å². The number of nitrogen functional groups attached to an aromatic ring is 1. The number of carbonyl (C=O) groups is 1. The number of fused-ring (bicyclic) bond motifs is 1. The number of benzene rings is 2. The van der Waals surface area contributed by atoms with Gasteiger partial charge in [0.05, 0.1) is 13.2 Å². The first-order valence-corrected chi connectivity index (χ1v) is 8.94. The van der Waals surface area contributed by atoms with Gasteiger partial charge < -0.3 is 20.1 Å². The number of amides is 1. The largest absolute Gasteiger partial charge is 0.483 e. The fraction of sp³-hybridized carbons (Fsp3) is 0.238. The summed E-state index contributed by atoms with van der Waals surface area (Å²) in [5.41, 5.74) is 7.73. The maximum Gasteiger partial charge on any atom is 0.260 e. The highest BCUT2D eigenvalue weighted by Gasteiger charge is 2.18. The number of hydrogen-bond acceptors (Lipinski definition) is 5. The van der Waals surface area contributed by atoms with E-state index in [1.807, 2.05) is 42.5 Å². The molecule has 0 radical (unpaired) electrons. The number of nitrogens with zero attached hydrogens (tertiary/aromatic N) is 2. The van der Waals surface area contributed by atoms with Gasteiger partial charge in [-0.2, -0.15) is 0 Å². The molecule has 0 atom stereocenters. The molecule has 0 aliphatic carbocycles. The summed E-state index contributed by atoms with van der Waals surface area (Å²) in [5.74, 6) is 1.16. The lowest BCUT2D eigenvalue weighted by Gasteiger charge is -2.26. The molecular weight excluding hydrogens is 342 g/mol. The van der Waals surface area contributed by atoms with E-state index in [2.05, 4.69) is 4.98 Å². The fourth-order valence-corrected chi connectivity index (χ4v) is 3.26. The molecular formula is C21H21N3O3. The van der Waals surface area contributed by atoms with Gasteiger partial charge in [0.15, 0.2) is 6.61 Å². The molecule has 2 aromatic carbocycles. The van der Waals surface area contributed by atoms with E-state index in [1.165, 1.54) is 0 Å². The number of ether oxygens (including phenoxy) is 2. The Morgan fingerprint density at radius 3 is 2.59 bits per heavy atom. The Labute approximate surface area is 157 Å². The Kier molecular flexibility index (Phi) is 4.89. The van der Waals surface area contributed by atoms with Crippen LogP contribution >= 0.6 is 0 Å². The molecule has 1 aromatic heterocycles. The first kappa shape index (κ1) is 17.3. The zero-order valence-corrected chi connectivity index (χ0v) is 14.9. The second kappa shape index (κ2) is 7.63. The minimum Gasteiger partial charge on any atom is -0.483 e. The van der Waals surface area contributed by atoms with E-state index in [9.17, 15) is 4.79 Å². The lowest BCUT2D eigenvalue weighted by Crippen LogP contribution is -2.42. The van der Waals surface area contributed by atoms with Crippen LogP contribution in [0.25, 0.3) is 21.9 Å². The fourth-order valence-electron chi connectivity index (χ4n) is 3.26. The Balaban J connectivity index is 1.60. The summed E-state index contributed by atoms with van der Waals surface area (Å²) in [7, 11) is 0. The third-order valence-electron chi connectivity index (χ3n) is 4.70. The van der Waals surface area contributed by atoms with Crippen molar-refractivity contribution in [2.45, 2.75) is 0 Å². The topological polar surface area (TPSA) is 77.7 Å².